The molecule has 2 aliphatic rings. The first-order chi connectivity index (χ1) is 37.2. The van der Waals surface area contributed by atoms with Crippen molar-refractivity contribution in [1.29, 1.82) is 0 Å². The number of benzene rings is 6. The molecule has 0 atom stereocenters. The number of carbonyl (C=O) groups is 2. The van der Waals surface area contributed by atoms with Gasteiger partial charge in [-0.2, -0.15) is 0 Å². The number of nitrogens with one attached hydrogen (secondary N) is 2. The van der Waals surface area contributed by atoms with E-state index in [1.807, 2.05) is 146 Å². The highest BCUT2D eigenvalue weighted by molar-refractivity contribution is 7.20. The summed E-state index contributed by atoms with van der Waals surface area (Å²) in [5.74, 6) is 6.25. The number of rotatable bonds is 6. The van der Waals surface area contributed by atoms with Gasteiger partial charge in [0.25, 0.3) is 0 Å². The van der Waals surface area contributed by atoms with Crippen LogP contribution in [-0.4, -0.2) is 45.1 Å². The van der Waals surface area contributed by atoms with E-state index in [2.05, 4.69) is 21.8 Å². The van der Waals surface area contributed by atoms with Crippen LogP contribution in [0.25, 0.3) is 110 Å². The minimum atomic E-state index is -0.399. The Labute approximate surface area is 440 Å². The number of esters is 2. The lowest BCUT2D eigenvalue weighted by atomic mass is 10.0. The summed E-state index contributed by atoms with van der Waals surface area (Å²) >= 11 is 2.70. The average molecular weight is 1030 g/mol. The van der Waals surface area contributed by atoms with Gasteiger partial charge in [-0.25, -0.2) is 19.6 Å². The Hall–Kier alpha value is -9.54. The Balaban J connectivity index is 1.05. The normalized spacial score (nSPS) is 12.4. The van der Waals surface area contributed by atoms with Gasteiger partial charge in [0.05, 0.1) is 67.3 Å². The molecule has 6 aromatic carbocycles. The second-order valence-corrected chi connectivity index (χ2v) is 20.3. The molecule has 76 heavy (non-hydrogen) atoms. The van der Waals surface area contributed by atoms with Gasteiger partial charge in [0.15, 0.2) is 0 Å². The van der Waals surface area contributed by atoms with Gasteiger partial charge in [-0.1, -0.05) is 84.6 Å². The predicted molar refractivity (Wildman–Crippen MR) is 308 cm³/mol. The Morgan fingerprint density at radius 2 is 1.08 bits per heavy atom. The van der Waals surface area contributed by atoms with Gasteiger partial charge in [-0.05, 0) is 133 Å². The molecule has 364 valence electrons. The van der Waals surface area contributed by atoms with Gasteiger partial charge >= 0.3 is 11.9 Å². The number of aromatic amines is 2. The third kappa shape index (κ3) is 7.97. The topological polar surface area (TPSA) is 144 Å². The van der Waals surface area contributed by atoms with Crippen LogP contribution in [0.1, 0.15) is 68.5 Å². The molecule has 13 rings (SSSR count). The van der Waals surface area contributed by atoms with Crippen LogP contribution >= 0.6 is 22.7 Å². The minimum absolute atomic E-state index is 0.147. The van der Waals surface area contributed by atoms with Crippen molar-refractivity contribution in [2.75, 3.05) is 13.2 Å². The molecule has 0 spiro atoms. The van der Waals surface area contributed by atoms with Crippen LogP contribution in [0.3, 0.4) is 0 Å². The van der Waals surface area contributed by atoms with E-state index in [9.17, 15) is 19.2 Å². The quantitative estimate of drug-likeness (QED) is 0.124. The third-order valence-electron chi connectivity index (χ3n) is 13.7. The number of ether oxygens (including phenoxy) is 2. The second kappa shape index (κ2) is 18.7. The minimum Gasteiger partial charge on any atom is -0.462 e. The van der Waals surface area contributed by atoms with E-state index >= 15 is 0 Å². The number of H-pyrrole nitrogens is 2. The molecular weight excluding hydrogens is 985 g/mol. The zero-order valence-corrected chi connectivity index (χ0v) is 42.4. The van der Waals surface area contributed by atoms with Crippen LogP contribution in [-0.2, 0) is 9.47 Å². The maximum Gasteiger partial charge on any atom is 0.338 e. The van der Waals surface area contributed by atoms with Crippen LogP contribution in [0.4, 0.5) is 0 Å². The standard InChI is InChI=1S/C64H40N4O6S2/c1-3-73-63(71)39-18-14-37(15-19-39)56-49-27-24-41(65-49)34-42-25-28-50(66-42)57(38-16-20-40(21-17-38)64(72)74-4-2)52-32-30-48(68-52)44(47-29-31-51(56)67-47)26-22-35-23-33-54-58-43(35)10-7-12-46(58)60(70)62(76-54)61-59(69)45-11-5-8-36-9-6-13-53(75-61)55(36)45/h5-21,23-25,27-34,65,68H,3-4H2,1-2H3/b41-34?,42-34?,47-44?,48-44?,56-49?,56-51?,57-50?,57-52?,62-61-. The lowest BCUT2D eigenvalue weighted by molar-refractivity contribution is 0.0517. The number of carbonyl (C=O) groups excluding carboxylic acids is 2. The molecular formula is C64H40N4O6S2. The Morgan fingerprint density at radius 3 is 1.76 bits per heavy atom. The molecule has 5 aromatic heterocycles. The van der Waals surface area contributed by atoms with E-state index in [1.165, 1.54) is 22.7 Å². The van der Waals surface area contributed by atoms with Crippen LogP contribution in [0, 0.1) is 20.9 Å². The fourth-order valence-corrected chi connectivity index (χ4v) is 12.6. The maximum atomic E-state index is 14.7. The van der Waals surface area contributed by atoms with Crippen LogP contribution in [0.15, 0.2) is 155 Å². The molecule has 2 aliphatic heterocycles. The molecule has 10 nitrogen and oxygen atoms in total. The van der Waals surface area contributed by atoms with Crippen molar-refractivity contribution in [1.82, 2.24) is 19.9 Å². The van der Waals surface area contributed by atoms with Gasteiger partial charge in [-0.3, -0.25) is 9.59 Å². The summed E-state index contributed by atoms with van der Waals surface area (Å²) in [6.07, 6.45) is 7.87. The van der Waals surface area contributed by atoms with Crippen LogP contribution in [0.5, 0.6) is 0 Å². The highest BCUT2D eigenvalue weighted by Gasteiger charge is 2.19. The largest absolute Gasteiger partial charge is 0.462 e. The van der Waals surface area contributed by atoms with Crippen molar-refractivity contribution in [3.05, 3.63) is 220 Å². The van der Waals surface area contributed by atoms with E-state index < -0.39 is 11.9 Å². The summed E-state index contributed by atoms with van der Waals surface area (Å²) in [6.45, 7) is 4.10. The Morgan fingerprint density at radius 1 is 0.526 bits per heavy atom. The Kier molecular flexibility index (Phi) is 11.4. The summed E-state index contributed by atoms with van der Waals surface area (Å²) in [6, 6.07) is 46.0. The summed E-state index contributed by atoms with van der Waals surface area (Å²) in [5.41, 5.74) is 10.9. The van der Waals surface area contributed by atoms with Gasteiger partial charge in [-0.15, -0.1) is 22.7 Å². The van der Waals surface area contributed by atoms with Gasteiger partial charge in [0.1, 0.15) is 0 Å². The lowest BCUT2D eigenvalue weighted by Crippen LogP contribution is -2.08. The van der Waals surface area contributed by atoms with Crippen molar-refractivity contribution in [2.45, 2.75) is 13.8 Å². The first-order valence-electron chi connectivity index (χ1n) is 24.7. The molecule has 0 aliphatic carbocycles. The number of fused-ring (bicyclic) bond motifs is 8. The third-order valence-corrected chi connectivity index (χ3v) is 16.1. The van der Waals surface area contributed by atoms with Gasteiger partial charge in [0.2, 0.25) is 10.9 Å². The lowest BCUT2D eigenvalue weighted by Gasteiger charge is -2.07. The van der Waals surface area contributed by atoms with Gasteiger partial charge in [0, 0.05) is 64.2 Å². The van der Waals surface area contributed by atoms with Crippen molar-refractivity contribution in [3.8, 4) is 34.1 Å². The zero-order valence-electron chi connectivity index (χ0n) is 40.7. The molecule has 11 aromatic rings. The maximum absolute atomic E-state index is 14.7. The summed E-state index contributed by atoms with van der Waals surface area (Å²) in [7, 11) is 0. The summed E-state index contributed by atoms with van der Waals surface area (Å²) < 4.78 is 13.3. The molecule has 0 saturated heterocycles. The number of hydrogen-bond acceptors (Lipinski definition) is 10. The second-order valence-electron chi connectivity index (χ2n) is 18.2. The SMILES string of the molecule is CCOC(=O)c1ccc(-c2c3nc(c(C#Cc4ccc5s/c(=c6\sc7cccc8cccc(c6=O)c87)c(=O)c6cccc4c56)c4ccc([nH]4)c(-c4ccc(C(=O)OCC)cc4)c4nc(cc5ccc2[nH]5)C=C4)C=C3)cc1. The first-order valence-corrected chi connectivity index (χ1v) is 26.3. The van der Waals surface area contributed by atoms with E-state index in [-0.39, 0.29) is 24.1 Å². The zero-order chi connectivity index (χ0) is 51.6. The number of nitrogens with zero attached hydrogens (tertiary/aromatic N) is 2. The molecule has 7 heterocycles. The van der Waals surface area contributed by atoms with Crippen LogP contribution in [0.2, 0.25) is 0 Å². The molecule has 2 N–H and O–H groups in total. The molecule has 8 bridgehead atoms. The summed E-state index contributed by atoms with van der Waals surface area (Å²) in [5, 5.41) is 4.62. The smallest absolute Gasteiger partial charge is 0.338 e. The monoisotopic (exact) mass is 1020 g/mol. The number of aromatic nitrogens is 4. The van der Waals surface area contributed by atoms with E-state index in [4.69, 9.17) is 19.4 Å². The van der Waals surface area contributed by atoms with Crippen LogP contribution < -0.4 is 10.9 Å². The van der Waals surface area contributed by atoms with E-state index in [1.54, 1.807) is 38.1 Å². The predicted octanol–water partition coefficient (Wildman–Crippen LogP) is 13.9. The molecule has 0 radical (unpaired) electrons. The van der Waals surface area contributed by atoms with Gasteiger partial charge < -0.3 is 19.4 Å². The van der Waals surface area contributed by atoms with Crippen molar-refractivity contribution in [3.63, 3.8) is 0 Å². The van der Waals surface area contributed by atoms with E-state index in [0.29, 0.717) is 64.7 Å². The highest BCUT2D eigenvalue weighted by Crippen LogP contribution is 2.36. The number of hydrogen-bond donors (Lipinski definition) is 2. The van der Waals surface area contributed by atoms with Crippen molar-refractivity contribution in [2.24, 2.45) is 0 Å². The van der Waals surface area contributed by atoms with Crippen molar-refractivity contribution < 1.29 is 19.1 Å². The highest BCUT2D eigenvalue weighted by atomic mass is 32.1. The fraction of sp³-hybridized carbons (Fsp3) is 0.0625. The average Bonchev–Trinajstić information content (AvgIpc) is 4.36. The van der Waals surface area contributed by atoms with Crippen molar-refractivity contribution >= 4 is 123 Å². The molecule has 0 fully saturated rings. The first kappa shape index (κ1) is 46.3. The molecule has 12 heteroatoms. The molecule has 0 saturated carbocycles. The molecule has 0 unspecified atom stereocenters. The fourth-order valence-electron chi connectivity index (χ4n) is 10.2. The van der Waals surface area contributed by atoms with E-state index in [0.717, 1.165) is 75.4 Å². The molecule has 0 amide bonds. The Bertz CT molecular complexity index is 4760. The summed E-state index contributed by atoms with van der Waals surface area (Å²) in [4.78, 5) is 72.0.